The quantitative estimate of drug-likeness (QED) is 0.748. The molecule has 0 aliphatic carbocycles. The summed E-state index contributed by atoms with van der Waals surface area (Å²) in [5.74, 6) is 1.61. The molecule has 2 aromatic heterocycles. The third-order valence-corrected chi connectivity index (χ3v) is 4.53. The highest BCUT2D eigenvalue weighted by molar-refractivity contribution is 7.98. The Morgan fingerprint density at radius 1 is 1.21 bits per heavy atom. The lowest BCUT2D eigenvalue weighted by atomic mass is 10.1. The maximum absolute atomic E-state index is 12.6. The van der Waals surface area contributed by atoms with Crippen LogP contribution in [0.5, 0.6) is 0 Å². The molecule has 0 bridgehead atoms. The zero-order valence-electron chi connectivity index (χ0n) is 13.8. The van der Waals surface area contributed by atoms with Gasteiger partial charge in [-0.25, -0.2) is 0 Å². The van der Waals surface area contributed by atoms with Crippen LogP contribution in [-0.4, -0.2) is 32.5 Å². The number of benzene rings is 1. The number of pyridine rings is 1. The van der Waals surface area contributed by atoms with Crippen LogP contribution in [0, 0.1) is 6.92 Å². The molecule has 0 fully saturated rings. The number of rotatable bonds is 6. The van der Waals surface area contributed by atoms with Crippen molar-refractivity contribution in [3.8, 4) is 0 Å². The predicted octanol–water partition coefficient (Wildman–Crippen LogP) is 3.26. The van der Waals surface area contributed by atoms with Gasteiger partial charge in [0.25, 0.3) is 5.91 Å². The minimum Gasteiger partial charge on any atom is -0.342 e. The number of nitrogens with zero attached hydrogens (tertiary/aromatic N) is 3. The van der Waals surface area contributed by atoms with E-state index < -0.39 is 0 Å². The molecule has 1 N–H and O–H groups in total. The first kappa shape index (κ1) is 16.5. The molecular formula is C18H20N4OS. The number of amides is 1. The molecule has 6 heteroatoms. The first-order valence-corrected chi connectivity index (χ1v) is 9.24. The Morgan fingerprint density at radius 2 is 2.00 bits per heavy atom. The van der Waals surface area contributed by atoms with E-state index in [9.17, 15) is 4.79 Å². The Hall–Kier alpha value is -2.34. The van der Waals surface area contributed by atoms with Crippen molar-refractivity contribution < 1.29 is 4.79 Å². The zero-order chi connectivity index (χ0) is 16.9. The maximum Gasteiger partial charge on any atom is 0.251 e. The minimum absolute atomic E-state index is 0.0891. The Balaban J connectivity index is 1.86. The maximum atomic E-state index is 12.6. The molecule has 0 radical (unpaired) electrons. The minimum atomic E-state index is -0.177. The number of carbonyl (C=O) groups excluding carboxylic acids is 1. The molecular weight excluding hydrogens is 320 g/mol. The van der Waals surface area contributed by atoms with E-state index in [2.05, 4.69) is 21.8 Å². The standard InChI is InChI=1S/C18H20N4OS/c1-13-6-8-14(9-7-13)18(23)19-15(10-12-24-2)17-21-20-16-5-3-4-11-22(16)17/h3-9,11,15H,10,12H2,1-2H3,(H,19,23)/t15-/m0/s1. The molecule has 0 saturated heterocycles. The molecule has 0 unspecified atom stereocenters. The smallest absolute Gasteiger partial charge is 0.251 e. The van der Waals surface area contributed by atoms with Gasteiger partial charge in [0, 0.05) is 11.8 Å². The van der Waals surface area contributed by atoms with E-state index in [0.29, 0.717) is 5.56 Å². The fraction of sp³-hybridized carbons (Fsp3) is 0.278. The van der Waals surface area contributed by atoms with Gasteiger partial charge in [-0.2, -0.15) is 11.8 Å². The molecule has 1 atom stereocenters. The van der Waals surface area contributed by atoms with Gasteiger partial charge in [0.1, 0.15) is 0 Å². The Kier molecular flexibility index (Phi) is 5.15. The molecule has 1 amide bonds. The van der Waals surface area contributed by atoms with Crippen LogP contribution < -0.4 is 5.32 Å². The van der Waals surface area contributed by atoms with Crippen LogP contribution in [0.3, 0.4) is 0 Å². The van der Waals surface area contributed by atoms with Gasteiger partial charge in [-0.1, -0.05) is 23.8 Å². The summed E-state index contributed by atoms with van der Waals surface area (Å²) in [5, 5.41) is 11.6. The van der Waals surface area contributed by atoms with Gasteiger partial charge in [0.2, 0.25) is 0 Å². The average molecular weight is 340 g/mol. The summed E-state index contributed by atoms with van der Waals surface area (Å²) < 4.78 is 1.93. The summed E-state index contributed by atoms with van der Waals surface area (Å²) in [5.41, 5.74) is 2.57. The number of nitrogens with one attached hydrogen (secondary N) is 1. The lowest BCUT2D eigenvalue weighted by Gasteiger charge is -2.17. The second-order valence-corrected chi connectivity index (χ2v) is 6.65. The largest absolute Gasteiger partial charge is 0.342 e. The van der Waals surface area contributed by atoms with Crippen LogP contribution in [0.25, 0.3) is 5.65 Å². The fourth-order valence-corrected chi connectivity index (χ4v) is 3.02. The highest BCUT2D eigenvalue weighted by Crippen LogP contribution is 2.19. The average Bonchev–Trinajstić information content (AvgIpc) is 3.03. The van der Waals surface area contributed by atoms with Gasteiger partial charge in [-0.3, -0.25) is 9.20 Å². The summed E-state index contributed by atoms with van der Waals surface area (Å²) in [6.07, 6.45) is 4.78. The van der Waals surface area contributed by atoms with Crippen LogP contribution in [0.4, 0.5) is 0 Å². The molecule has 3 rings (SSSR count). The van der Waals surface area contributed by atoms with Crippen molar-refractivity contribution in [2.75, 3.05) is 12.0 Å². The molecule has 2 heterocycles. The van der Waals surface area contributed by atoms with Gasteiger partial charge < -0.3 is 5.32 Å². The van der Waals surface area contributed by atoms with Crippen molar-refractivity contribution in [2.45, 2.75) is 19.4 Å². The SMILES string of the molecule is CSCC[C@H](NC(=O)c1ccc(C)cc1)c1nnc2ccccn12. The van der Waals surface area contributed by atoms with E-state index in [-0.39, 0.29) is 11.9 Å². The highest BCUT2D eigenvalue weighted by Gasteiger charge is 2.20. The molecule has 124 valence electrons. The van der Waals surface area contributed by atoms with Gasteiger partial charge in [-0.15, -0.1) is 10.2 Å². The summed E-state index contributed by atoms with van der Waals surface area (Å²) in [6.45, 7) is 2.01. The number of aryl methyl sites for hydroxylation is 1. The summed E-state index contributed by atoms with van der Waals surface area (Å²) in [4.78, 5) is 12.6. The first-order valence-electron chi connectivity index (χ1n) is 7.85. The van der Waals surface area contributed by atoms with Crippen molar-refractivity contribution in [1.29, 1.82) is 0 Å². The molecule has 0 spiro atoms. The van der Waals surface area contributed by atoms with Crippen molar-refractivity contribution in [1.82, 2.24) is 19.9 Å². The third kappa shape index (κ3) is 3.59. The van der Waals surface area contributed by atoms with Crippen LogP contribution in [0.2, 0.25) is 0 Å². The van der Waals surface area contributed by atoms with Crippen LogP contribution >= 0.6 is 11.8 Å². The van der Waals surface area contributed by atoms with E-state index in [1.165, 1.54) is 0 Å². The third-order valence-electron chi connectivity index (χ3n) is 3.88. The summed E-state index contributed by atoms with van der Waals surface area (Å²) in [6, 6.07) is 13.2. The molecule has 24 heavy (non-hydrogen) atoms. The monoisotopic (exact) mass is 340 g/mol. The molecule has 5 nitrogen and oxygen atoms in total. The van der Waals surface area contributed by atoms with E-state index >= 15 is 0 Å². The van der Waals surface area contributed by atoms with Crippen LogP contribution in [0.15, 0.2) is 48.7 Å². The number of thioether (sulfide) groups is 1. The van der Waals surface area contributed by atoms with Gasteiger partial charge in [0.05, 0.1) is 6.04 Å². The lowest BCUT2D eigenvalue weighted by molar-refractivity contribution is 0.0934. The summed E-state index contributed by atoms with van der Waals surface area (Å²) in [7, 11) is 0. The number of hydrogen-bond acceptors (Lipinski definition) is 4. The molecule has 0 aliphatic rings. The van der Waals surface area contributed by atoms with Crippen molar-refractivity contribution in [3.63, 3.8) is 0 Å². The molecule has 0 aliphatic heterocycles. The van der Waals surface area contributed by atoms with Gasteiger partial charge >= 0.3 is 0 Å². The van der Waals surface area contributed by atoms with Crippen molar-refractivity contribution in [2.24, 2.45) is 0 Å². The second kappa shape index (κ2) is 7.49. The Morgan fingerprint density at radius 3 is 2.75 bits per heavy atom. The highest BCUT2D eigenvalue weighted by atomic mass is 32.2. The topological polar surface area (TPSA) is 59.3 Å². The lowest BCUT2D eigenvalue weighted by Crippen LogP contribution is -2.30. The Labute approximate surface area is 145 Å². The number of hydrogen-bond donors (Lipinski definition) is 1. The van der Waals surface area contributed by atoms with Crippen LogP contribution in [0.1, 0.15) is 34.2 Å². The Bertz CT molecular complexity index is 828. The van der Waals surface area contributed by atoms with Gasteiger partial charge in [0.15, 0.2) is 11.5 Å². The van der Waals surface area contributed by atoms with E-state index in [4.69, 9.17) is 0 Å². The number of fused-ring (bicyclic) bond motifs is 1. The predicted molar refractivity (Wildman–Crippen MR) is 97.4 cm³/mol. The first-order chi connectivity index (χ1) is 11.7. The normalized spacial score (nSPS) is 12.2. The molecule has 1 aromatic carbocycles. The number of aromatic nitrogens is 3. The van der Waals surface area contributed by atoms with Crippen LogP contribution in [-0.2, 0) is 0 Å². The molecule has 0 saturated carbocycles. The van der Waals surface area contributed by atoms with E-state index in [1.807, 2.05) is 60.0 Å². The van der Waals surface area contributed by atoms with Crippen molar-refractivity contribution >= 4 is 23.3 Å². The van der Waals surface area contributed by atoms with Crippen molar-refractivity contribution in [3.05, 3.63) is 65.6 Å². The van der Waals surface area contributed by atoms with E-state index in [1.54, 1.807) is 11.8 Å². The molecule has 3 aromatic rings. The van der Waals surface area contributed by atoms with Gasteiger partial charge in [-0.05, 0) is 49.6 Å². The fourth-order valence-electron chi connectivity index (χ4n) is 2.55. The zero-order valence-corrected chi connectivity index (χ0v) is 14.6. The summed E-state index contributed by atoms with van der Waals surface area (Å²) >= 11 is 1.75. The number of carbonyl (C=O) groups is 1. The van der Waals surface area contributed by atoms with E-state index in [0.717, 1.165) is 29.2 Å². The second-order valence-electron chi connectivity index (χ2n) is 5.66.